The molecule has 0 bridgehead atoms. The Bertz CT molecular complexity index is 136. The average Bonchev–Trinajstić information content (AvgIpc) is 2.12. The fraction of sp³-hybridized carbons (Fsp3) is 1.00. The molecule has 0 aromatic rings. The second-order valence-electron chi connectivity index (χ2n) is 4.44. The number of unbranched alkanes of at least 4 members (excludes halogenated alkanes) is 2. The number of nitrogens with two attached hydrogens (primary N) is 1. The Labute approximate surface area is 82.5 Å². The molecule has 1 aliphatic rings. The first-order valence-corrected chi connectivity index (χ1v) is 5.72. The lowest BCUT2D eigenvalue weighted by molar-refractivity contribution is 0.166. The highest BCUT2D eigenvalue weighted by atomic mass is 15.1. The number of piperidine rings is 1. The van der Waals surface area contributed by atoms with Crippen LogP contribution < -0.4 is 5.73 Å². The molecular weight excluding hydrogens is 160 g/mol. The van der Waals surface area contributed by atoms with E-state index in [-0.39, 0.29) is 0 Å². The summed E-state index contributed by atoms with van der Waals surface area (Å²) >= 11 is 0. The second-order valence-corrected chi connectivity index (χ2v) is 4.44. The zero-order chi connectivity index (χ0) is 9.68. The highest BCUT2D eigenvalue weighted by Gasteiger charge is 2.22. The van der Waals surface area contributed by atoms with Gasteiger partial charge in [-0.15, -0.1) is 0 Å². The summed E-state index contributed by atoms with van der Waals surface area (Å²) in [7, 11) is 0. The van der Waals surface area contributed by atoms with E-state index in [1.807, 2.05) is 0 Å². The SMILES string of the molecule is CCCCCN1CCC(C)C(N)C1. The van der Waals surface area contributed by atoms with E-state index in [0.29, 0.717) is 6.04 Å². The monoisotopic (exact) mass is 184 g/mol. The number of likely N-dealkylation sites (tertiary alicyclic amines) is 1. The smallest absolute Gasteiger partial charge is 0.0194 e. The van der Waals surface area contributed by atoms with Crippen LogP contribution in [0.5, 0.6) is 0 Å². The van der Waals surface area contributed by atoms with Gasteiger partial charge in [0.1, 0.15) is 0 Å². The van der Waals surface area contributed by atoms with Crippen molar-refractivity contribution < 1.29 is 0 Å². The molecule has 1 fully saturated rings. The van der Waals surface area contributed by atoms with E-state index >= 15 is 0 Å². The van der Waals surface area contributed by atoms with Gasteiger partial charge in [0, 0.05) is 12.6 Å². The molecule has 2 heteroatoms. The van der Waals surface area contributed by atoms with Crippen LogP contribution in [0.2, 0.25) is 0 Å². The van der Waals surface area contributed by atoms with Crippen molar-refractivity contribution >= 4 is 0 Å². The number of hydrogen-bond donors (Lipinski definition) is 1. The number of rotatable bonds is 4. The van der Waals surface area contributed by atoms with Gasteiger partial charge in [0.25, 0.3) is 0 Å². The van der Waals surface area contributed by atoms with Gasteiger partial charge in [-0.2, -0.15) is 0 Å². The van der Waals surface area contributed by atoms with Crippen LogP contribution in [0.4, 0.5) is 0 Å². The topological polar surface area (TPSA) is 29.3 Å². The molecule has 1 saturated heterocycles. The fourth-order valence-electron chi connectivity index (χ4n) is 1.96. The third kappa shape index (κ3) is 3.65. The maximum atomic E-state index is 6.03. The summed E-state index contributed by atoms with van der Waals surface area (Å²) in [6.07, 6.45) is 5.31. The first-order valence-electron chi connectivity index (χ1n) is 5.72. The van der Waals surface area contributed by atoms with Crippen LogP contribution in [0.1, 0.15) is 39.5 Å². The molecule has 0 saturated carbocycles. The molecule has 1 heterocycles. The van der Waals surface area contributed by atoms with Gasteiger partial charge in [-0.3, -0.25) is 0 Å². The maximum Gasteiger partial charge on any atom is 0.0194 e. The van der Waals surface area contributed by atoms with Crippen molar-refractivity contribution in [3.05, 3.63) is 0 Å². The van der Waals surface area contributed by atoms with Gasteiger partial charge in [0.15, 0.2) is 0 Å². The van der Waals surface area contributed by atoms with Crippen molar-refractivity contribution in [2.24, 2.45) is 11.7 Å². The average molecular weight is 184 g/mol. The van der Waals surface area contributed by atoms with Crippen LogP contribution in [-0.4, -0.2) is 30.6 Å². The van der Waals surface area contributed by atoms with E-state index in [1.54, 1.807) is 0 Å². The van der Waals surface area contributed by atoms with E-state index in [0.717, 1.165) is 12.5 Å². The summed E-state index contributed by atoms with van der Waals surface area (Å²) < 4.78 is 0. The van der Waals surface area contributed by atoms with Crippen LogP contribution in [0, 0.1) is 5.92 Å². The van der Waals surface area contributed by atoms with Crippen molar-refractivity contribution in [3.63, 3.8) is 0 Å². The summed E-state index contributed by atoms with van der Waals surface area (Å²) in [5, 5.41) is 0. The third-order valence-corrected chi connectivity index (χ3v) is 3.18. The van der Waals surface area contributed by atoms with Gasteiger partial charge in [0.05, 0.1) is 0 Å². The molecule has 78 valence electrons. The minimum absolute atomic E-state index is 0.412. The highest BCUT2D eigenvalue weighted by Crippen LogP contribution is 2.15. The number of nitrogens with zero attached hydrogens (tertiary/aromatic N) is 1. The Morgan fingerprint density at radius 2 is 2.15 bits per heavy atom. The van der Waals surface area contributed by atoms with E-state index in [4.69, 9.17) is 5.73 Å². The molecule has 0 spiro atoms. The van der Waals surface area contributed by atoms with Crippen molar-refractivity contribution in [2.75, 3.05) is 19.6 Å². The van der Waals surface area contributed by atoms with E-state index < -0.39 is 0 Å². The Morgan fingerprint density at radius 3 is 2.77 bits per heavy atom. The molecule has 0 aromatic carbocycles. The lowest BCUT2D eigenvalue weighted by Crippen LogP contribution is -2.47. The van der Waals surface area contributed by atoms with E-state index in [1.165, 1.54) is 38.8 Å². The number of hydrogen-bond acceptors (Lipinski definition) is 2. The van der Waals surface area contributed by atoms with E-state index in [2.05, 4.69) is 18.7 Å². The van der Waals surface area contributed by atoms with Crippen molar-refractivity contribution in [1.29, 1.82) is 0 Å². The van der Waals surface area contributed by atoms with Gasteiger partial charge >= 0.3 is 0 Å². The van der Waals surface area contributed by atoms with Crippen LogP contribution in [-0.2, 0) is 0 Å². The molecule has 0 amide bonds. The quantitative estimate of drug-likeness (QED) is 0.676. The summed E-state index contributed by atoms with van der Waals surface area (Å²) in [6, 6.07) is 0.412. The van der Waals surface area contributed by atoms with Crippen molar-refractivity contribution in [2.45, 2.75) is 45.6 Å². The minimum Gasteiger partial charge on any atom is -0.326 e. The Hall–Kier alpha value is -0.0800. The summed E-state index contributed by atoms with van der Waals surface area (Å²) in [6.45, 7) is 8.16. The Balaban J connectivity index is 2.14. The van der Waals surface area contributed by atoms with Gasteiger partial charge in [-0.1, -0.05) is 26.7 Å². The summed E-state index contributed by atoms with van der Waals surface area (Å²) in [5.74, 6) is 0.724. The molecule has 0 radical (unpaired) electrons. The molecule has 2 N–H and O–H groups in total. The summed E-state index contributed by atoms with van der Waals surface area (Å²) in [4.78, 5) is 2.53. The molecule has 2 unspecified atom stereocenters. The molecule has 2 atom stereocenters. The molecule has 1 aliphatic heterocycles. The van der Waals surface area contributed by atoms with Gasteiger partial charge in [0.2, 0.25) is 0 Å². The van der Waals surface area contributed by atoms with Gasteiger partial charge in [-0.05, 0) is 31.8 Å². The maximum absolute atomic E-state index is 6.03. The standard InChI is InChI=1S/C11H24N2/c1-3-4-5-7-13-8-6-10(2)11(12)9-13/h10-11H,3-9,12H2,1-2H3. The first-order chi connectivity index (χ1) is 6.24. The lowest BCUT2D eigenvalue weighted by atomic mass is 9.94. The first kappa shape index (κ1) is 11.0. The largest absolute Gasteiger partial charge is 0.326 e. The van der Waals surface area contributed by atoms with Crippen LogP contribution >= 0.6 is 0 Å². The molecule has 2 nitrogen and oxygen atoms in total. The molecule has 0 aromatic heterocycles. The van der Waals surface area contributed by atoms with Crippen LogP contribution in [0.25, 0.3) is 0 Å². The third-order valence-electron chi connectivity index (χ3n) is 3.18. The predicted molar refractivity (Wildman–Crippen MR) is 57.7 cm³/mol. The van der Waals surface area contributed by atoms with Crippen molar-refractivity contribution in [1.82, 2.24) is 4.90 Å². The zero-order valence-electron chi connectivity index (χ0n) is 9.13. The molecule has 13 heavy (non-hydrogen) atoms. The molecule has 0 aliphatic carbocycles. The minimum atomic E-state index is 0.412. The van der Waals surface area contributed by atoms with Crippen LogP contribution in [0.3, 0.4) is 0 Å². The lowest BCUT2D eigenvalue weighted by Gasteiger charge is -2.35. The molecule has 1 rings (SSSR count). The van der Waals surface area contributed by atoms with Crippen LogP contribution in [0.15, 0.2) is 0 Å². The van der Waals surface area contributed by atoms with Gasteiger partial charge in [-0.25, -0.2) is 0 Å². The van der Waals surface area contributed by atoms with Gasteiger partial charge < -0.3 is 10.6 Å². The fourth-order valence-corrected chi connectivity index (χ4v) is 1.96. The molecular formula is C11H24N2. The highest BCUT2D eigenvalue weighted by molar-refractivity contribution is 4.80. The second kappa shape index (κ2) is 5.61. The Morgan fingerprint density at radius 1 is 1.38 bits per heavy atom. The Kier molecular flexibility index (Phi) is 4.74. The predicted octanol–water partition coefficient (Wildman–Crippen LogP) is 1.85. The summed E-state index contributed by atoms with van der Waals surface area (Å²) in [5.41, 5.74) is 6.03. The van der Waals surface area contributed by atoms with Crippen molar-refractivity contribution in [3.8, 4) is 0 Å². The normalized spacial score (nSPS) is 30.7. The zero-order valence-corrected chi connectivity index (χ0v) is 9.13. The van der Waals surface area contributed by atoms with E-state index in [9.17, 15) is 0 Å².